The van der Waals surface area contributed by atoms with E-state index in [1.54, 1.807) is 17.0 Å². The number of rotatable bonds is 9. The van der Waals surface area contributed by atoms with Crippen molar-refractivity contribution in [3.63, 3.8) is 0 Å². The molecule has 1 atom stereocenters. The van der Waals surface area contributed by atoms with Gasteiger partial charge in [0.2, 0.25) is 11.8 Å². The molecule has 2 aromatic rings. The van der Waals surface area contributed by atoms with Crippen LogP contribution >= 0.6 is 0 Å². The molecule has 1 N–H and O–H groups in total. The van der Waals surface area contributed by atoms with Gasteiger partial charge >= 0.3 is 6.18 Å². The maximum absolute atomic E-state index is 14.1. The van der Waals surface area contributed by atoms with Crippen molar-refractivity contribution < 1.29 is 27.4 Å². The minimum absolute atomic E-state index is 0.106. The summed E-state index contributed by atoms with van der Waals surface area (Å²) < 4.78 is 52.6. The third-order valence-corrected chi connectivity index (χ3v) is 5.39. The lowest BCUT2D eigenvalue weighted by molar-refractivity contribution is -0.218. The van der Waals surface area contributed by atoms with Gasteiger partial charge in [-0.1, -0.05) is 36.4 Å². The molecule has 0 radical (unpaired) electrons. The van der Waals surface area contributed by atoms with Crippen molar-refractivity contribution in [2.24, 2.45) is 5.41 Å². The Kier molecular flexibility index (Phi) is 7.50. The van der Waals surface area contributed by atoms with Gasteiger partial charge in [0, 0.05) is 38.5 Å². The molecule has 1 unspecified atom stereocenters. The molecule has 1 aliphatic heterocycles. The summed E-state index contributed by atoms with van der Waals surface area (Å²) in [5, 5.41) is 2.47. The molecule has 1 saturated heterocycles. The van der Waals surface area contributed by atoms with Crippen molar-refractivity contribution in [3.8, 4) is 5.88 Å². The van der Waals surface area contributed by atoms with Crippen LogP contribution in [0.2, 0.25) is 0 Å². The van der Waals surface area contributed by atoms with Gasteiger partial charge in [-0.2, -0.15) is 13.2 Å². The molecule has 0 saturated carbocycles. The summed E-state index contributed by atoms with van der Waals surface area (Å²) in [4.78, 5) is 18.6. The van der Waals surface area contributed by atoms with E-state index in [-0.39, 0.29) is 38.5 Å². The average Bonchev–Trinajstić information content (AvgIpc) is 3.19. The van der Waals surface area contributed by atoms with Crippen LogP contribution in [0, 0.1) is 5.41 Å². The Morgan fingerprint density at radius 3 is 2.68 bits per heavy atom. The first-order valence-corrected chi connectivity index (χ1v) is 10.0. The Labute approximate surface area is 179 Å². The van der Waals surface area contributed by atoms with Crippen LogP contribution in [-0.2, 0) is 22.6 Å². The number of nitrogens with zero attached hydrogens (tertiary/aromatic N) is 2. The first-order chi connectivity index (χ1) is 14.9. The van der Waals surface area contributed by atoms with Crippen LogP contribution in [0.25, 0.3) is 0 Å². The molecule has 1 aromatic heterocycles. The number of carbonyl (C=O) groups is 1. The van der Waals surface area contributed by atoms with E-state index in [0.717, 1.165) is 5.56 Å². The zero-order valence-electron chi connectivity index (χ0n) is 17.3. The Morgan fingerprint density at radius 2 is 1.97 bits per heavy atom. The van der Waals surface area contributed by atoms with Crippen molar-refractivity contribution in [1.82, 2.24) is 15.2 Å². The highest BCUT2D eigenvalue weighted by molar-refractivity contribution is 5.84. The lowest BCUT2D eigenvalue weighted by Crippen LogP contribution is -2.52. The summed E-state index contributed by atoms with van der Waals surface area (Å²) in [6.07, 6.45) is -3.42. The quantitative estimate of drug-likeness (QED) is 0.611. The summed E-state index contributed by atoms with van der Waals surface area (Å²) in [5.74, 6) is -0.764. The molecule has 6 nitrogen and oxygen atoms in total. The Bertz CT molecular complexity index is 864. The SMILES string of the molecule is COCCOc1ncccc1CNC(=O)C1(C(F)(F)F)CCN(Cc2ccccc2)C1. The maximum Gasteiger partial charge on any atom is 0.404 e. The number of pyridine rings is 1. The zero-order valence-corrected chi connectivity index (χ0v) is 17.3. The van der Waals surface area contributed by atoms with E-state index in [4.69, 9.17) is 9.47 Å². The highest BCUT2D eigenvalue weighted by Crippen LogP contribution is 2.46. The summed E-state index contributed by atoms with van der Waals surface area (Å²) in [6, 6.07) is 12.6. The van der Waals surface area contributed by atoms with Gasteiger partial charge in [-0.3, -0.25) is 9.69 Å². The number of hydrogen-bond acceptors (Lipinski definition) is 5. The number of benzene rings is 1. The summed E-state index contributed by atoms with van der Waals surface area (Å²) >= 11 is 0. The van der Waals surface area contributed by atoms with Gasteiger partial charge in [-0.05, 0) is 24.6 Å². The number of halogens is 3. The highest BCUT2D eigenvalue weighted by Gasteiger charge is 2.62. The second-order valence-electron chi connectivity index (χ2n) is 7.52. The molecule has 3 rings (SSSR count). The van der Waals surface area contributed by atoms with Gasteiger partial charge in [0.25, 0.3) is 0 Å². The molecule has 168 valence electrons. The van der Waals surface area contributed by atoms with Gasteiger partial charge in [-0.15, -0.1) is 0 Å². The van der Waals surface area contributed by atoms with Crippen LogP contribution in [0.4, 0.5) is 13.2 Å². The molecule has 1 amide bonds. The highest BCUT2D eigenvalue weighted by atomic mass is 19.4. The second kappa shape index (κ2) is 10.1. The van der Waals surface area contributed by atoms with Crippen LogP contribution in [0.15, 0.2) is 48.7 Å². The first-order valence-electron chi connectivity index (χ1n) is 10.0. The van der Waals surface area contributed by atoms with Crippen LogP contribution in [-0.4, -0.2) is 55.4 Å². The Hall–Kier alpha value is -2.65. The predicted molar refractivity (Wildman–Crippen MR) is 108 cm³/mol. The molecule has 1 aliphatic rings. The monoisotopic (exact) mass is 437 g/mol. The van der Waals surface area contributed by atoms with Gasteiger partial charge in [0.15, 0.2) is 5.41 Å². The van der Waals surface area contributed by atoms with E-state index in [0.29, 0.717) is 18.7 Å². The van der Waals surface area contributed by atoms with Crippen molar-refractivity contribution in [3.05, 3.63) is 59.8 Å². The topological polar surface area (TPSA) is 63.7 Å². The molecule has 0 spiro atoms. The molecular weight excluding hydrogens is 411 g/mol. The maximum atomic E-state index is 14.1. The number of hydrogen-bond donors (Lipinski definition) is 1. The van der Waals surface area contributed by atoms with Gasteiger partial charge in [0.05, 0.1) is 6.61 Å². The zero-order chi connectivity index (χ0) is 22.3. The van der Waals surface area contributed by atoms with Crippen molar-refractivity contribution >= 4 is 5.91 Å². The van der Waals surface area contributed by atoms with E-state index in [1.807, 2.05) is 30.3 Å². The molecule has 1 aromatic carbocycles. The minimum atomic E-state index is -4.66. The third kappa shape index (κ3) is 5.54. The molecule has 0 aliphatic carbocycles. The summed E-state index contributed by atoms with van der Waals surface area (Å²) in [5.41, 5.74) is -1.03. The van der Waals surface area contributed by atoms with Gasteiger partial charge in [0.1, 0.15) is 6.61 Å². The van der Waals surface area contributed by atoms with Gasteiger partial charge < -0.3 is 14.8 Å². The minimum Gasteiger partial charge on any atom is -0.475 e. The second-order valence-corrected chi connectivity index (χ2v) is 7.52. The number of aromatic nitrogens is 1. The van der Waals surface area contributed by atoms with Crippen molar-refractivity contribution in [1.29, 1.82) is 0 Å². The molecule has 31 heavy (non-hydrogen) atoms. The number of carbonyl (C=O) groups excluding carboxylic acids is 1. The molecule has 1 fully saturated rings. The van der Waals surface area contributed by atoms with E-state index in [1.165, 1.54) is 13.3 Å². The number of amides is 1. The Balaban J connectivity index is 1.68. The number of likely N-dealkylation sites (tertiary alicyclic amines) is 1. The fourth-order valence-electron chi connectivity index (χ4n) is 3.67. The first kappa shape index (κ1) is 23.0. The van der Waals surface area contributed by atoms with Crippen LogP contribution in [0.3, 0.4) is 0 Å². The fraction of sp³-hybridized carbons (Fsp3) is 0.455. The van der Waals surface area contributed by atoms with E-state index in [2.05, 4.69) is 10.3 Å². The predicted octanol–water partition coefficient (Wildman–Crippen LogP) is 3.18. The standard InChI is InChI=1S/C22H26F3N3O3/c1-30-12-13-31-19-18(8-5-10-26-19)14-27-20(29)21(22(23,24)25)9-11-28(16-21)15-17-6-3-2-4-7-17/h2-8,10H,9,11-16H2,1H3,(H,27,29). The van der Waals surface area contributed by atoms with E-state index >= 15 is 0 Å². The van der Waals surface area contributed by atoms with Crippen molar-refractivity contribution in [2.45, 2.75) is 25.7 Å². The smallest absolute Gasteiger partial charge is 0.404 e. The van der Waals surface area contributed by atoms with Crippen molar-refractivity contribution in [2.75, 3.05) is 33.4 Å². The van der Waals surface area contributed by atoms with Crippen LogP contribution < -0.4 is 10.1 Å². The van der Waals surface area contributed by atoms with E-state index < -0.39 is 17.5 Å². The average molecular weight is 437 g/mol. The number of methoxy groups -OCH3 is 1. The molecule has 0 bridgehead atoms. The Morgan fingerprint density at radius 1 is 1.19 bits per heavy atom. The largest absolute Gasteiger partial charge is 0.475 e. The molecule has 9 heteroatoms. The normalized spacial score (nSPS) is 19.4. The number of ether oxygens (including phenoxy) is 2. The lowest BCUT2D eigenvalue weighted by Gasteiger charge is -2.30. The van der Waals surface area contributed by atoms with Crippen LogP contribution in [0.5, 0.6) is 5.88 Å². The number of alkyl halides is 3. The van der Waals surface area contributed by atoms with Crippen LogP contribution in [0.1, 0.15) is 17.5 Å². The summed E-state index contributed by atoms with van der Waals surface area (Å²) in [7, 11) is 1.53. The van der Waals surface area contributed by atoms with Gasteiger partial charge in [-0.25, -0.2) is 4.98 Å². The van der Waals surface area contributed by atoms with E-state index in [9.17, 15) is 18.0 Å². The number of nitrogens with one attached hydrogen (secondary N) is 1. The fourth-order valence-corrected chi connectivity index (χ4v) is 3.67. The third-order valence-electron chi connectivity index (χ3n) is 5.39. The summed E-state index contributed by atoms with van der Waals surface area (Å²) in [6.45, 7) is 0.672. The molecule has 2 heterocycles. The molecular formula is C22H26F3N3O3. The lowest BCUT2D eigenvalue weighted by atomic mass is 9.85.